The van der Waals surface area contributed by atoms with Crippen LogP contribution in [0.25, 0.3) is 0 Å². The van der Waals surface area contributed by atoms with Crippen molar-refractivity contribution in [3.63, 3.8) is 0 Å². The average molecular weight is 250 g/mol. The molecule has 0 amide bonds. The molecule has 96 valence electrons. The van der Waals surface area contributed by atoms with E-state index in [1.165, 1.54) is 12.1 Å². The third kappa shape index (κ3) is 4.22. The second-order valence-electron chi connectivity index (χ2n) is 3.93. The molecule has 0 aliphatic carbocycles. The number of anilines is 1. The number of halogens is 4. The van der Waals surface area contributed by atoms with Crippen LogP contribution in [0.1, 0.15) is 12.5 Å². The fourth-order valence-corrected chi connectivity index (χ4v) is 1.15. The Balaban J connectivity index is 2.49. The summed E-state index contributed by atoms with van der Waals surface area (Å²) >= 11 is 0. The van der Waals surface area contributed by atoms with E-state index >= 15 is 0 Å². The van der Waals surface area contributed by atoms with Crippen molar-refractivity contribution in [3.05, 3.63) is 29.6 Å². The van der Waals surface area contributed by atoms with Gasteiger partial charge in [-0.25, -0.2) is 9.82 Å². The molecular weight excluding hydrogens is 236 g/mol. The maximum absolute atomic E-state index is 13.2. The van der Waals surface area contributed by atoms with E-state index in [1.54, 1.807) is 13.0 Å². The van der Waals surface area contributed by atoms with Crippen molar-refractivity contribution < 1.29 is 17.6 Å². The third-order valence-electron chi connectivity index (χ3n) is 2.31. The second-order valence-corrected chi connectivity index (χ2v) is 3.93. The number of alkyl halides is 3. The highest BCUT2D eigenvalue weighted by Crippen LogP contribution is 2.24. The standard InChI is InChI=1S/C11H14F4N2/c1-7-3-4-9(12)10(5-7)17-16-6-8(2)11(13,14)15/h3-5,8,16-17H,6H2,1-2H3. The molecule has 1 atom stereocenters. The van der Waals surface area contributed by atoms with Crippen molar-refractivity contribution >= 4 is 5.69 Å². The van der Waals surface area contributed by atoms with Gasteiger partial charge in [-0.15, -0.1) is 0 Å². The van der Waals surface area contributed by atoms with Crippen molar-refractivity contribution in [3.8, 4) is 0 Å². The molecule has 1 unspecified atom stereocenters. The van der Waals surface area contributed by atoms with Crippen molar-refractivity contribution in [2.75, 3.05) is 12.0 Å². The first-order valence-electron chi connectivity index (χ1n) is 5.12. The van der Waals surface area contributed by atoms with Gasteiger partial charge in [0.05, 0.1) is 11.6 Å². The quantitative estimate of drug-likeness (QED) is 0.633. The average Bonchev–Trinajstić information content (AvgIpc) is 2.21. The van der Waals surface area contributed by atoms with Crippen LogP contribution in [0.2, 0.25) is 0 Å². The molecule has 0 heterocycles. The maximum Gasteiger partial charge on any atom is 0.392 e. The van der Waals surface area contributed by atoms with Gasteiger partial charge in [0.2, 0.25) is 0 Å². The summed E-state index contributed by atoms with van der Waals surface area (Å²) in [5.74, 6) is -2.01. The largest absolute Gasteiger partial charge is 0.392 e. The molecule has 0 aromatic heterocycles. The first kappa shape index (κ1) is 13.8. The van der Waals surface area contributed by atoms with Crippen LogP contribution in [-0.4, -0.2) is 12.7 Å². The van der Waals surface area contributed by atoms with Crippen LogP contribution in [0.4, 0.5) is 23.2 Å². The first-order valence-corrected chi connectivity index (χ1v) is 5.12. The molecule has 0 saturated carbocycles. The number of benzene rings is 1. The molecule has 6 heteroatoms. The lowest BCUT2D eigenvalue weighted by molar-refractivity contribution is -0.167. The van der Waals surface area contributed by atoms with E-state index < -0.39 is 17.9 Å². The number of hydrazine groups is 1. The monoisotopic (exact) mass is 250 g/mol. The predicted octanol–water partition coefficient (Wildman–Crippen LogP) is 3.25. The fourth-order valence-electron chi connectivity index (χ4n) is 1.15. The van der Waals surface area contributed by atoms with Gasteiger partial charge < -0.3 is 5.43 Å². The van der Waals surface area contributed by atoms with Crippen LogP contribution >= 0.6 is 0 Å². The number of hydrogen-bond acceptors (Lipinski definition) is 2. The number of rotatable bonds is 4. The topological polar surface area (TPSA) is 24.1 Å². The highest BCUT2D eigenvalue weighted by atomic mass is 19.4. The van der Waals surface area contributed by atoms with Crippen molar-refractivity contribution in [2.24, 2.45) is 5.92 Å². The fraction of sp³-hybridized carbons (Fsp3) is 0.455. The van der Waals surface area contributed by atoms with E-state index in [-0.39, 0.29) is 12.2 Å². The van der Waals surface area contributed by atoms with E-state index in [2.05, 4.69) is 10.9 Å². The Morgan fingerprint density at radius 1 is 1.29 bits per heavy atom. The van der Waals surface area contributed by atoms with Gasteiger partial charge in [-0.05, 0) is 24.6 Å². The maximum atomic E-state index is 13.2. The third-order valence-corrected chi connectivity index (χ3v) is 2.31. The highest BCUT2D eigenvalue weighted by Gasteiger charge is 2.35. The van der Waals surface area contributed by atoms with Gasteiger partial charge >= 0.3 is 6.18 Å². The van der Waals surface area contributed by atoms with Crippen LogP contribution in [0.3, 0.4) is 0 Å². The summed E-state index contributed by atoms with van der Waals surface area (Å²) in [6.45, 7) is 2.50. The van der Waals surface area contributed by atoms with E-state index in [9.17, 15) is 17.6 Å². The number of nitrogens with one attached hydrogen (secondary N) is 2. The van der Waals surface area contributed by atoms with E-state index in [0.717, 1.165) is 12.5 Å². The number of aryl methyl sites for hydroxylation is 1. The number of hydrogen-bond donors (Lipinski definition) is 2. The van der Waals surface area contributed by atoms with E-state index in [0.29, 0.717) is 0 Å². The summed E-state index contributed by atoms with van der Waals surface area (Å²) in [6.07, 6.45) is -4.25. The Kier molecular flexibility index (Phi) is 4.34. The summed E-state index contributed by atoms with van der Waals surface area (Å²) < 4.78 is 49.7. The molecule has 2 nitrogen and oxygen atoms in total. The predicted molar refractivity (Wildman–Crippen MR) is 58.0 cm³/mol. The Morgan fingerprint density at radius 3 is 2.53 bits per heavy atom. The summed E-state index contributed by atoms with van der Waals surface area (Å²) in [6, 6.07) is 4.35. The first-order chi connectivity index (χ1) is 7.80. The molecule has 1 rings (SSSR count). The van der Waals surface area contributed by atoms with Crippen LogP contribution in [0.15, 0.2) is 18.2 Å². The molecule has 0 aliphatic rings. The minimum Gasteiger partial charge on any atom is -0.319 e. The van der Waals surface area contributed by atoms with Crippen molar-refractivity contribution in [1.29, 1.82) is 0 Å². The lowest BCUT2D eigenvalue weighted by Crippen LogP contribution is -2.34. The molecule has 0 aliphatic heterocycles. The molecule has 0 radical (unpaired) electrons. The van der Waals surface area contributed by atoms with Crippen LogP contribution < -0.4 is 10.9 Å². The van der Waals surface area contributed by atoms with Crippen LogP contribution in [0, 0.1) is 18.7 Å². The minimum atomic E-state index is -4.25. The molecular formula is C11H14F4N2. The Hall–Kier alpha value is -1.30. The molecule has 1 aromatic rings. The van der Waals surface area contributed by atoms with Crippen LogP contribution in [-0.2, 0) is 0 Å². The molecule has 2 N–H and O–H groups in total. The van der Waals surface area contributed by atoms with E-state index in [4.69, 9.17) is 0 Å². The van der Waals surface area contributed by atoms with Gasteiger partial charge in [-0.1, -0.05) is 13.0 Å². The van der Waals surface area contributed by atoms with Gasteiger partial charge in [0.25, 0.3) is 0 Å². The summed E-state index contributed by atoms with van der Waals surface area (Å²) in [5.41, 5.74) is 5.76. The lowest BCUT2D eigenvalue weighted by atomic mass is 10.2. The molecule has 0 bridgehead atoms. The Bertz CT molecular complexity index is 376. The van der Waals surface area contributed by atoms with Gasteiger partial charge in [-0.2, -0.15) is 13.2 Å². The molecule has 17 heavy (non-hydrogen) atoms. The van der Waals surface area contributed by atoms with Crippen molar-refractivity contribution in [2.45, 2.75) is 20.0 Å². The summed E-state index contributed by atoms with van der Waals surface area (Å²) in [7, 11) is 0. The summed E-state index contributed by atoms with van der Waals surface area (Å²) in [4.78, 5) is 0. The van der Waals surface area contributed by atoms with E-state index in [1.807, 2.05) is 0 Å². The molecule has 0 saturated heterocycles. The zero-order valence-corrected chi connectivity index (χ0v) is 9.53. The highest BCUT2D eigenvalue weighted by molar-refractivity contribution is 5.46. The second kappa shape index (κ2) is 5.35. The minimum absolute atomic E-state index is 0.138. The smallest absolute Gasteiger partial charge is 0.319 e. The zero-order valence-electron chi connectivity index (χ0n) is 9.53. The summed E-state index contributed by atoms with van der Waals surface area (Å²) in [5, 5.41) is 0. The van der Waals surface area contributed by atoms with Gasteiger partial charge in [0, 0.05) is 6.54 Å². The van der Waals surface area contributed by atoms with Gasteiger partial charge in [-0.3, -0.25) is 0 Å². The van der Waals surface area contributed by atoms with Crippen molar-refractivity contribution in [1.82, 2.24) is 5.43 Å². The Labute approximate surface area is 97.0 Å². The lowest BCUT2D eigenvalue weighted by Gasteiger charge is -2.17. The molecule has 0 fully saturated rings. The normalized spacial score (nSPS) is 13.5. The SMILES string of the molecule is Cc1ccc(F)c(NNCC(C)C(F)(F)F)c1. The van der Waals surface area contributed by atoms with Gasteiger partial charge in [0.1, 0.15) is 5.82 Å². The Morgan fingerprint density at radius 2 is 1.94 bits per heavy atom. The van der Waals surface area contributed by atoms with Crippen LogP contribution in [0.5, 0.6) is 0 Å². The zero-order chi connectivity index (χ0) is 13.1. The molecule has 0 spiro atoms. The molecule has 1 aromatic carbocycles. The van der Waals surface area contributed by atoms with Gasteiger partial charge in [0.15, 0.2) is 0 Å².